The molecule has 0 unspecified atom stereocenters. The summed E-state index contributed by atoms with van der Waals surface area (Å²) in [6, 6.07) is -0.297. The highest BCUT2D eigenvalue weighted by atomic mass is 16.6. The summed E-state index contributed by atoms with van der Waals surface area (Å²) < 4.78 is 9.46. The van der Waals surface area contributed by atoms with Crippen molar-refractivity contribution in [2.45, 2.75) is 39.3 Å². The summed E-state index contributed by atoms with van der Waals surface area (Å²) in [7, 11) is 1.29. The van der Waals surface area contributed by atoms with Gasteiger partial charge in [-0.3, -0.25) is 0 Å². The quantitative estimate of drug-likeness (QED) is 0.590. The summed E-state index contributed by atoms with van der Waals surface area (Å²) in [6.45, 7) is 7.06. The first-order chi connectivity index (χ1) is 7.24. The van der Waals surface area contributed by atoms with Crippen molar-refractivity contribution in [3.8, 4) is 0 Å². The molecule has 0 aromatic heterocycles. The molecule has 92 valence electrons. The zero-order valence-electron chi connectivity index (χ0n) is 10.4. The van der Waals surface area contributed by atoms with Crippen LogP contribution >= 0.6 is 0 Å². The number of carbonyl (C=O) groups excluding carboxylic acids is 2. The van der Waals surface area contributed by atoms with Crippen molar-refractivity contribution in [2.24, 2.45) is 0 Å². The minimum Gasteiger partial charge on any atom is -0.466 e. The summed E-state index contributed by atoms with van der Waals surface area (Å²) in [4.78, 5) is 22.1. The fraction of sp³-hybridized carbons (Fsp3) is 0.636. The third-order valence-corrected chi connectivity index (χ3v) is 1.47. The first kappa shape index (κ1) is 14.5. The molecular weight excluding hydrogens is 210 g/mol. The lowest BCUT2D eigenvalue weighted by Gasteiger charge is -2.20. The van der Waals surface area contributed by atoms with Crippen molar-refractivity contribution in [1.82, 2.24) is 5.32 Å². The lowest BCUT2D eigenvalue weighted by molar-refractivity contribution is -0.134. The molecule has 0 aliphatic heterocycles. The molecule has 0 aliphatic carbocycles. The molecule has 5 heteroatoms. The van der Waals surface area contributed by atoms with Crippen LogP contribution in [0.15, 0.2) is 12.2 Å². The average Bonchev–Trinajstić information content (AvgIpc) is 2.10. The molecule has 1 atom stereocenters. The van der Waals surface area contributed by atoms with Crippen molar-refractivity contribution in [3.05, 3.63) is 12.2 Å². The molecule has 0 aromatic carbocycles. The van der Waals surface area contributed by atoms with E-state index in [1.807, 2.05) is 0 Å². The van der Waals surface area contributed by atoms with Gasteiger partial charge in [0.25, 0.3) is 0 Å². The maximum absolute atomic E-state index is 11.3. The number of rotatable bonds is 3. The first-order valence-corrected chi connectivity index (χ1v) is 5.00. The second-order valence-corrected chi connectivity index (χ2v) is 4.32. The summed E-state index contributed by atoms with van der Waals surface area (Å²) in [5.41, 5.74) is -0.532. The number of amides is 1. The molecule has 0 saturated carbocycles. The molecule has 16 heavy (non-hydrogen) atoms. The van der Waals surface area contributed by atoms with Gasteiger partial charge in [0.15, 0.2) is 0 Å². The molecule has 1 amide bonds. The van der Waals surface area contributed by atoms with Gasteiger partial charge in [-0.2, -0.15) is 0 Å². The molecule has 1 N–H and O–H groups in total. The summed E-state index contributed by atoms with van der Waals surface area (Å²) >= 11 is 0. The highest BCUT2D eigenvalue weighted by Crippen LogP contribution is 2.06. The number of hydrogen-bond acceptors (Lipinski definition) is 4. The summed E-state index contributed by atoms with van der Waals surface area (Å²) in [5, 5.41) is 2.56. The van der Waals surface area contributed by atoms with Crippen LogP contribution in [0.4, 0.5) is 4.79 Å². The predicted molar refractivity (Wildman–Crippen MR) is 60.0 cm³/mol. The van der Waals surface area contributed by atoms with Crippen LogP contribution in [0.1, 0.15) is 27.7 Å². The molecular formula is C11H19NO4. The van der Waals surface area contributed by atoms with Crippen LogP contribution < -0.4 is 5.32 Å². The number of alkyl carbamates (subject to hydrolysis) is 1. The molecule has 0 radical (unpaired) electrons. The van der Waals surface area contributed by atoms with E-state index in [2.05, 4.69) is 10.1 Å². The van der Waals surface area contributed by atoms with Crippen LogP contribution in [0.2, 0.25) is 0 Å². The van der Waals surface area contributed by atoms with E-state index in [1.54, 1.807) is 27.7 Å². The SMILES string of the molecule is COC(=O)/C=C/[C@H](C)NC(=O)OC(C)(C)C. The van der Waals surface area contributed by atoms with Gasteiger partial charge in [0, 0.05) is 12.1 Å². The Morgan fingerprint density at radius 2 is 1.88 bits per heavy atom. The van der Waals surface area contributed by atoms with E-state index in [1.165, 1.54) is 19.3 Å². The average molecular weight is 229 g/mol. The largest absolute Gasteiger partial charge is 0.466 e. The van der Waals surface area contributed by atoms with Crippen LogP contribution in [-0.2, 0) is 14.3 Å². The maximum atomic E-state index is 11.3. The molecule has 0 bridgehead atoms. The minimum atomic E-state index is -0.532. The maximum Gasteiger partial charge on any atom is 0.408 e. The Balaban J connectivity index is 4.06. The van der Waals surface area contributed by atoms with Gasteiger partial charge < -0.3 is 14.8 Å². The van der Waals surface area contributed by atoms with Gasteiger partial charge >= 0.3 is 12.1 Å². The Labute approximate surface area is 95.8 Å². The molecule has 0 saturated heterocycles. The van der Waals surface area contributed by atoms with E-state index in [4.69, 9.17) is 4.74 Å². The monoisotopic (exact) mass is 229 g/mol. The van der Waals surface area contributed by atoms with Crippen LogP contribution in [0.3, 0.4) is 0 Å². The number of esters is 1. The van der Waals surface area contributed by atoms with Crippen LogP contribution in [-0.4, -0.2) is 30.8 Å². The van der Waals surface area contributed by atoms with Crippen molar-refractivity contribution in [2.75, 3.05) is 7.11 Å². The van der Waals surface area contributed by atoms with Gasteiger partial charge in [0.05, 0.1) is 7.11 Å². The van der Waals surface area contributed by atoms with Crippen molar-refractivity contribution in [1.29, 1.82) is 0 Å². The Hall–Kier alpha value is -1.52. The van der Waals surface area contributed by atoms with Crippen molar-refractivity contribution in [3.63, 3.8) is 0 Å². The number of ether oxygens (including phenoxy) is 2. The highest BCUT2D eigenvalue weighted by molar-refractivity contribution is 5.82. The summed E-state index contributed by atoms with van der Waals surface area (Å²) in [5.74, 6) is -0.460. The number of nitrogens with one attached hydrogen (secondary N) is 1. The normalized spacial score (nSPS) is 13.3. The molecule has 0 heterocycles. The zero-order chi connectivity index (χ0) is 12.8. The van der Waals surface area contributed by atoms with E-state index in [-0.39, 0.29) is 6.04 Å². The Kier molecular flexibility index (Phi) is 5.56. The molecule has 0 aromatic rings. The standard InChI is InChI=1S/C11H19NO4/c1-8(6-7-9(13)15-5)12-10(14)16-11(2,3)4/h6-8H,1-5H3,(H,12,14)/b7-6+/t8-/m0/s1. The third-order valence-electron chi connectivity index (χ3n) is 1.47. The fourth-order valence-electron chi connectivity index (χ4n) is 0.833. The van der Waals surface area contributed by atoms with E-state index in [0.29, 0.717) is 0 Å². The molecule has 0 rings (SSSR count). The van der Waals surface area contributed by atoms with Gasteiger partial charge in [-0.05, 0) is 27.7 Å². The van der Waals surface area contributed by atoms with Crippen molar-refractivity contribution >= 4 is 12.1 Å². The van der Waals surface area contributed by atoms with E-state index < -0.39 is 17.7 Å². The number of methoxy groups -OCH3 is 1. The van der Waals surface area contributed by atoms with Gasteiger partial charge in [0.2, 0.25) is 0 Å². The van der Waals surface area contributed by atoms with Crippen LogP contribution in [0.25, 0.3) is 0 Å². The molecule has 0 fully saturated rings. The topological polar surface area (TPSA) is 64.6 Å². The Morgan fingerprint density at radius 3 is 2.31 bits per heavy atom. The smallest absolute Gasteiger partial charge is 0.408 e. The minimum absolute atomic E-state index is 0.297. The third kappa shape index (κ3) is 7.84. The van der Waals surface area contributed by atoms with E-state index >= 15 is 0 Å². The molecule has 5 nitrogen and oxygen atoms in total. The molecule has 0 spiro atoms. The number of carbonyl (C=O) groups is 2. The van der Waals surface area contributed by atoms with E-state index in [0.717, 1.165) is 0 Å². The lowest BCUT2D eigenvalue weighted by atomic mass is 10.2. The zero-order valence-corrected chi connectivity index (χ0v) is 10.4. The van der Waals surface area contributed by atoms with Gasteiger partial charge in [-0.25, -0.2) is 9.59 Å². The van der Waals surface area contributed by atoms with Crippen molar-refractivity contribution < 1.29 is 19.1 Å². The van der Waals surface area contributed by atoms with E-state index in [9.17, 15) is 9.59 Å². The van der Waals surface area contributed by atoms with Crippen LogP contribution in [0.5, 0.6) is 0 Å². The Bertz CT molecular complexity index is 278. The van der Waals surface area contributed by atoms with Gasteiger partial charge in [-0.15, -0.1) is 0 Å². The molecule has 0 aliphatic rings. The number of hydrogen-bond donors (Lipinski definition) is 1. The predicted octanol–water partition coefficient (Wildman–Crippen LogP) is 1.63. The fourth-order valence-corrected chi connectivity index (χ4v) is 0.833. The Morgan fingerprint density at radius 1 is 1.31 bits per heavy atom. The van der Waals surface area contributed by atoms with Gasteiger partial charge in [0.1, 0.15) is 5.60 Å². The summed E-state index contributed by atoms with van der Waals surface area (Å²) in [6.07, 6.45) is 2.26. The van der Waals surface area contributed by atoms with Gasteiger partial charge in [-0.1, -0.05) is 6.08 Å². The lowest BCUT2D eigenvalue weighted by Crippen LogP contribution is -2.36. The van der Waals surface area contributed by atoms with Crippen LogP contribution in [0, 0.1) is 0 Å². The second kappa shape index (κ2) is 6.15. The first-order valence-electron chi connectivity index (χ1n) is 5.00. The second-order valence-electron chi connectivity index (χ2n) is 4.32. The highest BCUT2D eigenvalue weighted by Gasteiger charge is 2.16.